The smallest absolute Gasteiger partial charge is 0.282 e. The van der Waals surface area contributed by atoms with Gasteiger partial charge in [0.05, 0.1) is 4.88 Å². The van der Waals surface area contributed by atoms with Crippen molar-refractivity contribution in [3.8, 4) is 10.4 Å². The predicted octanol–water partition coefficient (Wildman–Crippen LogP) is 2.21. The Morgan fingerprint density at radius 2 is 1.52 bits per heavy atom. The van der Waals surface area contributed by atoms with Crippen LogP contribution in [0.5, 0.6) is 0 Å². The lowest BCUT2D eigenvalue weighted by Crippen LogP contribution is -2.24. The van der Waals surface area contributed by atoms with Crippen molar-refractivity contribution in [2.75, 3.05) is 28.2 Å². The van der Waals surface area contributed by atoms with E-state index in [1.165, 1.54) is 21.1 Å². The average Bonchev–Trinajstić information content (AvgIpc) is 2.91. The number of amides is 2. The summed E-state index contributed by atoms with van der Waals surface area (Å²) in [5.74, 6) is -0.405. The molecule has 0 fully saturated rings. The number of hydrogen-bond donors (Lipinski definition) is 0. The zero-order valence-electron chi connectivity index (χ0n) is 12.5. The molecule has 2 amide bonds. The van der Waals surface area contributed by atoms with Crippen molar-refractivity contribution in [1.82, 2.24) is 14.8 Å². The minimum absolute atomic E-state index is 0.199. The predicted molar refractivity (Wildman–Crippen MR) is 83.6 cm³/mol. The van der Waals surface area contributed by atoms with Crippen LogP contribution in [0.4, 0.5) is 0 Å². The monoisotopic (exact) mass is 303 g/mol. The lowest BCUT2D eigenvalue weighted by atomic mass is 10.1. The standard InChI is InChI=1S/C15H17N3O2S/c1-17(2)14(19)11-12(10-8-6-5-7-9-10)21-13(16-11)15(20)18(3)4/h5-9H,1-4H3. The molecule has 0 aliphatic carbocycles. The van der Waals surface area contributed by atoms with Crippen molar-refractivity contribution in [2.45, 2.75) is 0 Å². The van der Waals surface area contributed by atoms with Gasteiger partial charge in [-0.25, -0.2) is 4.98 Å². The minimum atomic E-state index is -0.206. The van der Waals surface area contributed by atoms with Gasteiger partial charge >= 0.3 is 0 Å². The Kier molecular flexibility index (Phi) is 4.37. The molecule has 110 valence electrons. The van der Waals surface area contributed by atoms with E-state index in [9.17, 15) is 9.59 Å². The fraction of sp³-hybridized carbons (Fsp3) is 0.267. The summed E-state index contributed by atoms with van der Waals surface area (Å²) in [6.07, 6.45) is 0. The molecule has 0 bridgehead atoms. The summed E-state index contributed by atoms with van der Waals surface area (Å²) in [6, 6.07) is 9.51. The van der Waals surface area contributed by atoms with E-state index in [4.69, 9.17) is 0 Å². The largest absolute Gasteiger partial charge is 0.343 e. The van der Waals surface area contributed by atoms with Crippen LogP contribution in [0.3, 0.4) is 0 Å². The molecule has 0 aliphatic rings. The van der Waals surface area contributed by atoms with Crippen LogP contribution in [0.2, 0.25) is 0 Å². The van der Waals surface area contributed by atoms with E-state index in [-0.39, 0.29) is 11.8 Å². The zero-order chi connectivity index (χ0) is 15.6. The maximum Gasteiger partial charge on any atom is 0.282 e. The van der Waals surface area contributed by atoms with Crippen molar-refractivity contribution in [2.24, 2.45) is 0 Å². The Morgan fingerprint density at radius 3 is 2.05 bits per heavy atom. The van der Waals surface area contributed by atoms with E-state index in [0.717, 1.165) is 10.4 Å². The molecule has 0 unspecified atom stereocenters. The maximum absolute atomic E-state index is 12.3. The molecular weight excluding hydrogens is 286 g/mol. The van der Waals surface area contributed by atoms with Gasteiger partial charge in [-0.15, -0.1) is 11.3 Å². The van der Waals surface area contributed by atoms with Crippen LogP contribution in [0.15, 0.2) is 30.3 Å². The summed E-state index contributed by atoms with van der Waals surface area (Å²) >= 11 is 1.24. The Hall–Kier alpha value is -2.21. The van der Waals surface area contributed by atoms with E-state index in [1.807, 2.05) is 30.3 Å². The normalized spacial score (nSPS) is 10.3. The fourth-order valence-corrected chi connectivity index (χ4v) is 2.83. The van der Waals surface area contributed by atoms with Gasteiger partial charge in [-0.2, -0.15) is 0 Å². The molecule has 0 saturated carbocycles. The zero-order valence-corrected chi connectivity index (χ0v) is 13.3. The topological polar surface area (TPSA) is 53.5 Å². The molecule has 0 atom stereocenters. The highest BCUT2D eigenvalue weighted by atomic mass is 32.1. The number of benzene rings is 1. The van der Waals surface area contributed by atoms with Gasteiger partial charge < -0.3 is 9.80 Å². The first kappa shape index (κ1) is 15.2. The average molecular weight is 303 g/mol. The van der Waals surface area contributed by atoms with E-state index >= 15 is 0 Å². The lowest BCUT2D eigenvalue weighted by Gasteiger charge is -2.09. The molecule has 1 aromatic carbocycles. The number of hydrogen-bond acceptors (Lipinski definition) is 4. The van der Waals surface area contributed by atoms with Gasteiger partial charge in [0.15, 0.2) is 5.01 Å². The summed E-state index contributed by atoms with van der Waals surface area (Å²) in [5.41, 5.74) is 1.21. The summed E-state index contributed by atoms with van der Waals surface area (Å²) in [5, 5.41) is 0.323. The van der Waals surface area contributed by atoms with Crippen LogP contribution in [-0.2, 0) is 0 Å². The van der Waals surface area contributed by atoms with Crippen LogP contribution in [0, 0.1) is 0 Å². The van der Waals surface area contributed by atoms with Gasteiger partial charge in [0.2, 0.25) is 0 Å². The second kappa shape index (κ2) is 6.05. The van der Waals surface area contributed by atoms with Gasteiger partial charge in [-0.1, -0.05) is 30.3 Å². The molecule has 0 saturated heterocycles. The number of aromatic nitrogens is 1. The highest BCUT2D eigenvalue weighted by Gasteiger charge is 2.24. The van der Waals surface area contributed by atoms with E-state index in [2.05, 4.69) is 4.98 Å². The van der Waals surface area contributed by atoms with Crippen LogP contribution in [0.1, 0.15) is 20.3 Å². The molecular formula is C15H17N3O2S. The first-order valence-electron chi connectivity index (χ1n) is 6.41. The molecule has 6 heteroatoms. The first-order valence-corrected chi connectivity index (χ1v) is 7.23. The highest BCUT2D eigenvalue weighted by Crippen LogP contribution is 2.31. The van der Waals surface area contributed by atoms with Gasteiger partial charge in [0, 0.05) is 28.2 Å². The Morgan fingerprint density at radius 1 is 0.952 bits per heavy atom. The molecule has 0 radical (unpaired) electrons. The second-order valence-corrected chi connectivity index (χ2v) is 5.96. The molecule has 21 heavy (non-hydrogen) atoms. The van der Waals surface area contributed by atoms with Gasteiger partial charge in [0.25, 0.3) is 11.8 Å². The van der Waals surface area contributed by atoms with E-state index in [1.54, 1.807) is 28.2 Å². The van der Waals surface area contributed by atoms with Gasteiger partial charge in [0.1, 0.15) is 5.69 Å². The maximum atomic E-state index is 12.3. The lowest BCUT2D eigenvalue weighted by molar-refractivity contribution is 0.0820. The number of nitrogens with zero attached hydrogens (tertiary/aromatic N) is 3. The van der Waals surface area contributed by atoms with Crippen molar-refractivity contribution >= 4 is 23.2 Å². The molecule has 0 spiro atoms. The summed E-state index contributed by atoms with van der Waals surface area (Å²) in [7, 11) is 6.67. The molecule has 1 heterocycles. The first-order chi connectivity index (χ1) is 9.91. The second-order valence-electron chi connectivity index (χ2n) is 4.96. The van der Waals surface area contributed by atoms with Crippen molar-refractivity contribution < 1.29 is 9.59 Å². The minimum Gasteiger partial charge on any atom is -0.343 e. The molecule has 1 aromatic heterocycles. The van der Waals surface area contributed by atoms with Crippen molar-refractivity contribution in [1.29, 1.82) is 0 Å². The van der Waals surface area contributed by atoms with E-state index < -0.39 is 0 Å². The molecule has 2 rings (SSSR count). The summed E-state index contributed by atoms with van der Waals surface area (Å²) < 4.78 is 0. The molecule has 0 N–H and O–H groups in total. The molecule has 0 aliphatic heterocycles. The highest BCUT2D eigenvalue weighted by molar-refractivity contribution is 7.17. The third-order valence-corrected chi connectivity index (χ3v) is 3.95. The number of carbonyl (C=O) groups excluding carboxylic acids is 2. The molecule has 2 aromatic rings. The van der Waals surface area contributed by atoms with Crippen LogP contribution in [-0.4, -0.2) is 54.8 Å². The number of rotatable bonds is 3. The quantitative estimate of drug-likeness (QED) is 0.873. The number of thiazole rings is 1. The summed E-state index contributed by atoms with van der Waals surface area (Å²) in [4.78, 5) is 32.3. The van der Waals surface area contributed by atoms with Crippen molar-refractivity contribution in [3.05, 3.63) is 41.0 Å². The van der Waals surface area contributed by atoms with Crippen LogP contribution >= 0.6 is 11.3 Å². The van der Waals surface area contributed by atoms with Gasteiger partial charge in [-0.05, 0) is 5.56 Å². The molecule has 5 nitrogen and oxygen atoms in total. The number of carbonyl (C=O) groups is 2. The Labute approximate surface area is 127 Å². The SMILES string of the molecule is CN(C)C(=O)c1nc(C(=O)N(C)C)c(-c2ccccc2)s1. The van der Waals surface area contributed by atoms with Gasteiger partial charge in [-0.3, -0.25) is 9.59 Å². The third kappa shape index (κ3) is 3.11. The Bertz CT molecular complexity index is 663. The third-order valence-electron chi connectivity index (χ3n) is 2.86. The Balaban J connectivity index is 2.57. The van der Waals surface area contributed by atoms with Crippen LogP contribution < -0.4 is 0 Å². The van der Waals surface area contributed by atoms with Crippen LogP contribution in [0.25, 0.3) is 10.4 Å². The summed E-state index contributed by atoms with van der Waals surface area (Å²) in [6.45, 7) is 0. The van der Waals surface area contributed by atoms with Crippen molar-refractivity contribution in [3.63, 3.8) is 0 Å². The van der Waals surface area contributed by atoms with E-state index in [0.29, 0.717) is 10.7 Å². The fourth-order valence-electron chi connectivity index (χ4n) is 1.74.